The van der Waals surface area contributed by atoms with E-state index in [1.165, 1.54) is 4.90 Å². The van der Waals surface area contributed by atoms with E-state index < -0.39 is 23.6 Å². The van der Waals surface area contributed by atoms with Crippen LogP contribution in [0.2, 0.25) is 0 Å². The number of β-amino-alcohol motifs (C(OH)–C–C–N with tert-alkyl or cyclic N) is 1. The number of nitrogens with zero attached hydrogens (tertiary/aromatic N) is 2. The molecule has 2 fully saturated rings. The minimum absolute atomic E-state index is 0.0627. The van der Waals surface area contributed by atoms with Crippen LogP contribution in [-0.4, -0.2) is 57.4 Å². The summed E-state index contributed by atoms with van der Waals surface area (Å²) in [5, 5.41) is 16.3. The van der Waals surface area contributed by atoms with E-state index in [1.54, 1.807) is 11.3 Å². The van der Waals surface area contributed by atoms with Crippen LogP contribution in [0.4, 0.5) is 0 Å². The molecule has 1 saturated carbocycles. The van der Waals surface area contributed by atoms with Gasteiger partial charge in [0.25, 0.3) is 0 Å². The third-order valence-corrected chi connectivity index (χ3v) is 8.40. The fourth-order valence-electron chi connectivity index (χ4n) is 5.23. The third-order valence-electron chi connectivity index (χ3n) is 7.42. The molecular formula is C28H38N4O4S. The second-order valence-corrected chi connectivity index (χ2v) is 12.2. The highest BCUT2D eigenvalue weighted by Crippen LogP contribution is 2.30. The van der Waals surface area contributed by atoms with Crippen LogP contribution < -0.4 is 10.6 Å². The zero-order chi connectivity index (χ0) is 26.7. The zero-order valence-corrected chi connectivity index (χ0v) is 22.9. The predicted molar refractivity (Wildman–Crippen MR) is 144 cm³/mol. The van der Waals surface area contributed by atoms with Crippen LogP contribution in [0.1, 0.15) is 64.1 Å². The second-order valence-electron chi connectivity index (χ2n) is 11.4. The normalized spacial score (nSPS) is 21.2. The number of likely N-dealkylation sites (tertiary alicyclic amines) is 1. The Kier molecular flexibility index (Phi) is 8.33. The molecule has 3 N–H and O–H groups in total. The number of carbonyl (C=O) groups excluding carboxylic acids is 3. The molecule has 3 atom stereocenters. The van der Waals surface area contributed by atoms with Gasteiger partial charge in [0.2, 0.25) is 17.7 Å². The maximum Gasteiger partial charge on any atom is 0.246 e. The average molecular weight is 527 g/mol. The summed E-state index contributed by atoms with van der Waals surface area (Å²) in [4.78, 5) is 46.6. The van der Waals surface area contributed by atoms with Crippen molar-refractivity contribution >= 4 is 29.1 Å². The highest BCUT2D eigenvalue weighted by molar-refractivity contribution is 7.13. The smallest absolute Gasteiger partial charge is 0.246 e. The molecule has 200 valence electrons. The number of benzene rings is 1. The number of nitrogens with one attached hydrogen (secondary N) is 2. The fourth-order valence-corrected chi connectivity index (χ4v) is 6.04. The van der Waals surface area contributed by atoms with E-state index in [2.05, 4.69) is 15.6 Å². The molecule has 1 saturated heterocycles. The van der Waals surface area contributed by atoms with Crippen LogP contribution in [0.15, 0.2) is 29.8 Å². The first-order chi connectivity index (χ1) is 17.5. The van der Waals surface area contributed by atoms with E-state index in [0.717, 1.165) is 47.4 Å². The van der Waals surface area contributed by atoms with Crippen molar-refractivity contribution < 1.29 is 19.5 Å². The van der Waals surface area contributed by atoms with E-state index in [9.17, 15) is 19.5 Å². The molecule has 4 rings (SSSR count). The molecule has 1 aliphatic heterocycles. The van der Waals surface area contributed by atoms with Crippen molar-refractivity contribution in [2.45, 2.75) is 84.5 Å². The maximum atomic E-state index is 13.7. The molecule has 0 bridgehead atoms. The van der Waals surface area contributed by atoms with Crippen molar-refractivity contribution in [2.75, 3.05) is 6.54 Å². The molecule has 2 aliphatic rings. The molecule has 1 aliphatic carbocycles. The van der Waals surface area contributed by atoms with E-state index >= 15 is 0 Å². The number of aromatic nitrogens is 1. The molecule has 2 heterocycles. The lowest BCUT2D eigenvalue weighted by molar-refractivity contribution is -0.144. The van der Waals surface area contributed by atoms with Crippen LogP contribution in [0.25, 0.3) is 10.4 Å². The summed E-state index contributed by atoms with van der Waals surface area (Å²) in [5.41, 5.74) is 4.29. The average Bonchev–Trinajstić information content (AvgIpc) is 3.61. The van der Waals surface area contributed by atoms with Gasteiger partial charge in [0, 0.05) is 25.4 Å². The lowest BCUT2D eigenvalue weighted by atomic mass is 9.85. The molecular weight excluding hydrogens is 488 g/mol. The van der Waals surface area contributed by atoms with Crippen molar-refractivity contribution in [1.82, 2.24) is 20.5 Å². The summed E-state index contributed by atoms with van der Waals surface area (Å²) < 4.78 is 0. The Morgan fingerprint density at radius 1 is 1.14 bits per heavy atom. The monoisotopic (exact) mass is 526 g/mol. The second kappa shape index (κ2) is 11.3. The molecule has 8 nitrogen and oxygen atoms in total. The first-order valence-electron chi connectivity index (χ1n) is 13.1. The summed E-state index contributed by atoms with van der Waals surface area (Å²) >= 11 is 1.59. The van der Waals surface area contributed by atoms with Gasteiger partial charge >= 0.3 is 0 Å². The van der Waals surface area contributed by atoms with Crippen LogP contribution >= 0.6 is 11.3 Å². The summed E-state index contributed by atoms with van der Waals surface area (Å²) in [7, 11) is 0. The summed E-state index contributed by atoms with van der Waals surface area (Å²) in [6.07, 6.45) is 3.13. The molecule has 9 heteroatoms. The minimum atomic E-state index is -0.784. The van der Waals surface area contributed by atoms with Gasteiger partial charge in [-0.15, -0.1) is 11.3 Å². The maximum absolute atomic E-state index is 13.7. The molecule has 0 radical (unpaired) electrons. The quantitative estimate of drug-likeness (QED) is 0.512. The zero-order valence-electron chi connectivity index (χ0n) is 22.1. The first-order valence-corrected chi connectivity index (χ1v) is 14.0. The number of aliphatic hydroxyl groups is 1. The largest absolute Gasteiger partial charge is 0.391 e. The lowest BCUT2D eigenvalue weighted by Gasteiger charge is -2.35. The van der Waals surface area contributed by atoms with Crippen LogP contribution in [0.3, 0.4) is 0 Å². The van der Waals surface area contributed by atoms with Crippen molar-refractivity contribution in [1.29, 1.82) is 0 Å². The number of amides is 3. The highest BCUT2D eigenvalue weighted by atomic mass is 32.1. The summed E-state index contributed by atoms with van der Waals surface area (Å²) in [6, 6.07) is 6.40. The fraction of sp³-hybridized carbons (Fsp3) is 0.571. The molecule has 0 spiro atoms. The van der Waals surface area contributed by atoms with Gasteiger partial charge in [0.05, 0.1) is 22.2 Å². The van der Waals surface area contributed by atoms with Crippen molar-refractivity contribution in [2.24, 2.45) is 11.3 Å². The van der Waals surface area contributed by atoms with Gasteiger partial charge < -0.3 is 20.6 Å². The van der Waals surface area contributed by atoms with Gasteiger partial charge in [0.1, 0.15) is 12.1 Å². The topological polar surface area (TPSA) is 112 Å². The van der Waals surface area contributed by atoms with Gasteiger partial charge in [-0.25, -0.2) is 4.98 Å². The standard InChI is InChI=1S/C28H38N4O4S/c1-17-23(37-16-30-17)19-11-9-18(10-12-19)14-29-26(35)22-13-21(33)15-32(22)27(36)24(28(2,3)4)31-25(34)20-7-5-6-8-20/h9-12,16,20-22,24,33H,5-8,13-15H2,1-4H3,(H,29,35)(H,31,34). The van der Waals surface area contributed by atoms with E-state index in [4.69, 9.17) is 0 Å². The number of hydrogen-bond donors (Lipinski definition) is 3. The SMILES string of the molecule is Cc1ncsc1-c1ccc(CNC(=O)C2CC(O)CN2C(=O)C(NC(=O)C2CCCC2)C(C)(C)C)cc1. The predicted octanol–water partition coefficient (Wildman–Crippen LogP) is 3.42. The number of rotatable bonds is 7. The van der Waals surface area contributed by atoms with E-state index in [0.29, 0.717) is 6.54 Å². The van der Waals surface area contributed by atoms with E-state index in [-0.39, 0.29) is 36.6 Å². The van der Waals surface area contributed by atoms with Gasteiger partial charge in [-0.2, -0.15) is 0 Å². The first kappa shape index (κ1) is 27.3. The van der Waals surface area contributed by atoms with Crippen LogP contribution in [0, 0.1) is 18.3 Å². The van der Waals surface area contributed by atoms with Crippen molar-refractivity contribution in [3.05, 3.63) is 41.0 Å². The number of thiazole rings is 1. The Bertz CT molecular complexity index is 1120. The Labute approximate surface area is 222 Å². The molecule has 1 aromatic heterocycles. The number of aliphatic hydroxyl groups excluding tert-OH is 1. The van der Waals surface area contributed by atoms with E-state index in [1.807, 2.05) is 57.5 Å². The van der Waals surface area contributed by atoms with Gasteiger partial charge in [-0.3, -0.25) is 14.4 Å². The highest BCUT2D eigenvalue weighted by Gasteiger charge is 2.45. The van der Waals surface area contributed by atoms with Gasteiger partial charge in [0.15, 0.2) is 0 Å². The minimum Gasteiger partial charge on any atom is -0.391 e. The number of carbonyl (C=O) groups is 3. The Balaban J connectivity index is 1.41. The van der Waals surface area contributed by atoms with Crippen LogP contribution in [-0.2, 0) is 20.9 Å². The Morgan fingerprint density at radius 2 is 1.81 bits per heavy atom. The molecule has 37 heavy (non-hydrogen) atoms. The Hall–Kier alpha value is -2.78. The number of hydrogen-bond acceptors (Lipinski definition) is 6. The van der Waals surface area contributed by atoms with Crippen molar-refractivity contribution in [3.8, 4) is 10.4 Å². The van der Waals surface area contributed by atoms with Crippen molar-refractivity contribution in [3.63, 3.8) is 0 Å². The van der Waals surface area contributed by atoms with Gasteiger partial charge in [-0.1, -0.05) is 57.9 Å². The molecule has 3 unspecified atom stereocenters. The molecule has 1 aromatic carbocycles. The third kappa shape index (κ3) is 6.38. The molecule has 2 aromatic rings. The number of aryl methyl sites for hydroxylation is 1. The molecule has 3 amide bonds. The summed E-state index contributed by atoms with van der Waals surface area (Å²) in [6.45, 7) is 8.09. The Morgan fingerprint density at radius 3 is 2.41 bits per heavy atom. The van der Waals surface area contributed by atoms with Crippen LogP contribution in [0.5, 0.6) is 0 Å². The summed E-state index contributed by atoms with van der Waals surface area (Å²) in [5.74, 6) is -0.780. The van der Waals surface area contributed by atoms with Gasteiger partial charge in [-0.05, 0) is 36.3 Å². The lowest BCUT2D eigenvalue weighted by Crippen LogP contribution is -2.58.